The van der Waals surface area contributed by atoms with Gasteiger partial charge < -0.3 is 19.5 Å². The van der Waals surface area contributed by atoms with Gasteiger partial charge >= 0.3 is 12.0 Å². The van der Waals surface area contributed by atoms with E-state index in [9.17, 15) is 9.59 Å². The summed E-state index contributed by atoms with van der Waals surface area (Å²) in [5.41, 5.74) is 1.09. The Kier molecular flexibility index (Phi) is 7.30. The molecule has 0 fully saturated rings. The molecule has 2 aromatic carbocycles. The Morgan fingerprint density at radius 1 is 1.16 bits per heavy atom. The van der Waals surface area contributed by atoms with E-state index in [1.807, 2.05) is 6.07 Å². The van der Waals surface area contributed by atoms with Gasteiger partial charge in [0.2, 0.25) is 0 Å². The molecule has 0 aromatic heterocycles. The molecule has 1 aliphatic rings. The molecule has 164 valence electrons. The highest BCUT2D eigenvalue weighted by molar-refractivity contribution is 6.35. The Balaban J connectivity index is 2.07. The van der Waals surface area contributed by atoms with Crippen LogP contribution in [0.4, 0.5) is 4.79 Å². The number of carbonyl (C=O) groups excluding carboxylic acids is 2. The number of halogens is 2. The first-order valence-electron chi connectivity index (χ1n) is 9.52. The highest BCUT2D eigenvalue weighted by Gasteiger charge is 2.38. The van der Waals surface area contributed by atoms with Crippen molar-refractivity contribution in [1.29, 1.82) is 0 Å². The van der Waals surface area contributed by atoms with Crippen LogP contribution in [0.5, 0.6) is 11.5 Å². The summed E-state index contributed by atoms with van der Waals surface area (Å²) in [5.74, 6) is 0.422. The quantitative estimate of drug-likeness (QED) is 0.606. The number of nitrogens with zero attached hydrogens (tertiary/aromatic N) is 1. The number of esters is 1. The summed E-state index contributed by atoms with van der Waals surface area (Å²) < 4.78 is 16.5. The molecule has 0 saturated heterocycles. The average Bonchev–Trinajstić information content (AvgIpc) is 2.75. The topological polar surface area (TPSA) is 77.1 Å². The highest BCUT2D eigenvalue weighted by atomic mass is 35.5. The standard InChI is InChI=1S/C22H22Cl2N2O5/c1-4-30-21(27)19-16(12-31-18-8-6-5-7-17(18)29-3)26(2)22(28)25-20(19)14-10-9-13(23)11-15(14)24/h5-11,20H,4,12H2,1-3H3,(H,25,28)/t20-/m1/s1. The van der Waals surface area contributed by atoms with Gasteiger partial charge in [-0.15, -0.1) is 0 Å². The second kappa shape index (κ2) is 9.94. The van der Waals surface area contributed by atoms with Crippen LogP contribution in [0.15, 0.2) is 53.7 Å². The number of nitrogens with one attached hydrogen (secondary N) is 1. The van der Waals surface area contributed by atoms with Gasteiger partial charge in [-0.2, -0.15) is 0 Å². The van der Waals surface area contributed by atoms with E-state index in [-0.39, 0.29) is 18.8 Å². The number of carbonyl (C=O) groups is 2. The lowest BCUT2D eigenvalue weighted by molar-refractivity contribution is -0.139. The largest absolute Gasteiger partial charge is 0.493 e. The minimum Gasteiger partial charge on any atom is -0.493 e. The number of likely N-dealkylation sites (N-methyl/N-ethyl adjacent to an activating group) is 1. The molecule has 1 aliphatic heterocycles. The fourth-order valence-electron chi connectivity index (χ4n) is 3.23. The molecule has 0 radical (unpaired) electrons. The van der Waals surface area contributed by atoms with E-state index in [0.717, 1.165) is 0 Å². The van der Waals surface area contributed by atoms with Gasteiger partial charge in [0.25, 0.3) is 0 Å². The molecule has 31 heavy (non-hydrogen) atoms. The first-order chi connectivity index (χ1) is 14.9. The molecule has 0 unspecified atom stereocenters. The van der Waals surface area contributed by atoms with E-state index >= 15 is 0 Å². The summed E-state index contributed by atoms with van der Waals surface area (Å²) in [5, 5.41) is 3.56. The normalized spacial score (nSPS) is 16.1. The zero-order chi connectivity index (χ0) is 22.5. The Labute approximate surface area is 190 Å². The van der Waals surface area contributed by atoms with Crippen LogP contribution in [0, 0.1) is 0 Å². The van der Waals surface area contributed by atoms with Crippen molar-refractivity contribution in [2.24, 2.45) is 0 Å². The number of rotatable bonds is 7. The lowest BCUT2D eigenvalue weighted by Gasteiger charge is -2.34. The van der Waals surface area contributed by atoms with E-state index in [1.165, 1.54) is 12.0 Å². The number of hydrogen-bond acceptors (Lipinski definition) is 5. The maximum absolute atomic E-state index is 12.9. The lowest BCUT2D eigenvalue weighted by Crippen LogP contribution is -2.48. The van der Waals surface area contributed by atoms with Crippen LogP contribution in [0.1, 0.15) is 18.5 Å². The van der Waals surface area contributed by atoms with Gasteiger partial charge in [-0.05, 0) is 36.8 Å². The van der Waals surface area contributed by atoms with Crippen LogP contribution in [-0.2, 0) is 9.53 Å². The third-order valence-electron chi connectivity index (χ3n) is 4.78. The third-order valence-corrected chi connectivity index (χ3v) is 5.34. The number of amides is 2. The smallest absolute Gasteiger partial charge is 0.338 e. The number of para-hydroxylation sites is 2. The molecular formula is C22H22Cl2N2O5. The Morgan fingerprint density at radius 3 is 2.52 bits per heavy atom. The van der Waals surface area contributed by atoms with Gasteiger partial charge in [-0.3, -0.25) is 4.90 Å². The molecule has 1 heterocycles. The molecule has 2 amide bonds. The Morgan fingerprint density at radius 2 is 1.87 bits per heavy atom. The van der Waals surface area contributed by atoms with Crippen molar-refractivity contribution in [1.82, 2.24) is 10.2 Å². The minimum atomic E-state index is -0.830. The van der Waals surface area contributed by atoms with Gasteiger partial charge in [-0.25, -0.2) is 9.59 Å². The maximum Gasteiger partial charge on any atom is 0.338 e. The predicted octanol–water partition coefficient (Wildman–Crippen LogP) is 4.59. The van der Waals surface area contributed by atoms with Crippen molar-refractivity contribution >= 4 is 35.2 Å². The fourth-order valence-corrected chi connectivity index (χ4v) is 3.75. The summed E-state index contributed by atoms with van der Waals surface area (Å²) >= 11 is 12.4. The van der Waals surface area contributed by atoms with Crippen molar-refractivity contribution in [3.8, 4) is 11.5 Å². The highest BCUT2D eigenvalue weighted by Crippen LogP contribution is 2.36. The maximum atomic E-state index is 12.9. The summed E-state index contributed by atoms with van der Waals surface area (Å²) in [4.78, 5) is 27.0. The molecule has 0 saturated carbocycles. The van der Waals surface area contributed by atoms with Crippen molar-refractivity contribution in [2.45, 2.75) is 13.0 Å². The van der Waals surface area contributed by atoms with E-state index in [1.54, 1.807) is 50.4 Å². The zero-order valence-electron chi connectivity index (χ0n) is 17.3. The van der Waals surface area contributed by atoms with E-state index in [0.29, 0.717) is 32.8 Å². The van der Waals surface area contributed by atoms with Gasteiger partial charge in [0.05, 0.1) is 31.0 Å². The van der Waals surface area contributed by atoms with E-state index in [4.69, 9.17) is 37.4 Å². The average molecular weight is 465 g/mol. The molecule has 7 nitrogen and oxygen atoms in total. The second-order valence-electron chi connectivity index (χ2n) is 6.63. The number of hydrogen-bond donors (Lipinski definition) is 1. The molecular weight excluding hydrogens is 443 g/mol. The molecule has 0 spiro atoms. The summed E-state index contributed by atoms with van der Waals surface area (Å²) in [6, 6.07) is 10.7. The summed E-state index contributed by atoms with van der Waals surface area (Å²) in [6.07, 6.45) is 0. The van der Waals surface area contributed by atoms with E-state index < -0.39 is 18.0 Å². The van der Waals surface area contributed by atoms with Crippen molar-refractivity contribution < 1.29 is 23.8 Å². The van der Waals surface area contributed by atoms with Gasteiger partial charge in [-0.1, -0.05) is 41.4 Å². The monoisotopic (exact) mass is 464 g/mol. The van der Waals surface area contributed by atoms with Crippen LogP contribution in [0.2, 0.25) is 10.0 Å². The van der Waals surface area contributed by atoms with Crippen LogP contribution < -0.4 is 14.8 Å². The predicted molar refractivity (Wildman–Crippen MR) is 118 cm³/mol. The van der Waals surface area contributed by atoms with Gasteiger partial charge in [0, 0.05) is 17.1 Å². The second-order valence-corrected chi connectivity index (χ2v) is 7.47. The zero-order valence-corrected chi connectivity index (χ0v) is 18.8. The molecule has 0 aliphatic carbocycles. The molecule has 1 N–H and O–H groups in total. The first-order valence-corrected chi connectivity index (χ1v) is 10.3. The fraction of sp³-hybridized carbons (Fsp3) is 0.273. The number of benzene rings is 2. The Hall–Kier alpha value is -2.90. The number of urea groups is 1. The molecule has 1 atom stereocenters. The van der Waals surface area contributed by atoms with Crippen LogP contribution >= 0.6 is 23.2 Å². The van der Waals surface area contributed by atoms with Crippen molar-refractivity contribution in [3.63, 3.8) is 0 Å². The summed E-state index contributed by atoms with van der Waals surface area (Å²) in [6.45, 7) is 1.81. The van der Waals surface area contributed by atoms with Crippen molar-refractivity contribution in [3.05, 3.63) is 69.3 Å². The van der Waals surface area contributed by atoms with E-state index in [2.05, 4.69) is 5.32 Å². The number of methoxy groups -OCH3 is 1. The van der Waals surface area contributed by atoms with Crippen LogP contribution in [0.25, 0.3) is 0 Å². The van der Waals surface area contributed by atoms with Gasteiger partial charge in [0.15, 0.2) is 11.5 Å². The molecule has 0 bridgehead atoms. The number of ether oxygens (including phenoxy) is 3. The molecule has 3 rings (SSSR count). The van der Waals surface area contributed by atoms with Gasteiger partial charge in [0.1, 0.15) is 6.61 Å². The van der Waals surface area contributed by atoms with Crippen molar-refractivity contribution in [2.75, 3.05) is 27.4 Å². The lowest BCUT2D eigenvalue weighted by atomic mass is 9.94. The molecule has 9 heteroatoms. The van der Waals surface area contributed by atoms with Crippen LogP contribution in [-0.4, -0.2) is 44.3 Å². The first kappa shape index (κ1) is 22.8. The third kappa shape index (κ3) is 4.89. The summed E-state index contributed by atoms with van der Waals surface area (Å²) in [7, 11) is 3.08. The molecule has 2 aromatic rings. The van der Waals surface area contributed by atoms with Crippen LogP contribution in [0.3, 0.4) is 0 Å². The SMILES string of the molecule is CCOC(=O)C1=C(COc2ccccc2OC)N(C)C(=O)N[C@@H]1c1ccc(Cl)cc1Cl. The Bertz CT molecular complexity index is 1020. The minimum absolute atomic E-state index is 0.0693.